The quantitative estimate of drug-likeness (QED) is 0.628. The van der Waals surface area contributed by atoms with Crippen LogP contribution < -0.4 is 5.32 Å². The number of benzene rings is 2. The van der Waals surface area contributed by atoms with Gasteiger partial charge in [-0.15, -0.1) is 11.3 Å². The van der Waals surface area contributed by atoms with Crippen LogP contribution in [0, 0.1) is 13.8 Å². The number of fused-ring (bicyclic) bond motifs is 1. The van der Waals surface area contributed by atoms with Crippen LogP contribution in [0.3, 0.4) is 0 Å². The molecule has 0 aliphatic rings. The van der Waals surface area contributed by atoms with Crippen LogP contribution in [0.4, 0.5) is 5.69 Å². The van der Waals surface area contributed by atoms with Crippen molar-refractivity contribution in [2.75, 3.05) is 25.5 Å². The predicted molar refractivity (Wildman–Crippen MR) is 114 cm³/mol. The number of carbonyl (C=O) groups excluding carboxylic acids is 3. The van der Waals surface area contributed by atoms with Gasteiger partial charge in [-0.3, -0.25) is 9.59 Å². The van der Waals surface area contributed by atoms with Crippen LogP contribution in [-0.4, -0.2) is 42.9 Å². The van der Waals surface area contributed by atoms with Crippen molar-refractivity contribution in [2.45, 2.75) is 13.8 Å². The second kappa shape index (κ2) is 8.87. The molecule has 1 aromatic heterocycles. The van der Waals surface area contributed by atoms with E-state index in [1.54, 1.807) is 12.1 Å². The molecule has 0 aliphatic carbocycles. The fourth-order valence-corrected chi connectivity index (χ4v) is 3.92. The van der Waals surface area contributed by atoms with Gasteiger partial charge < -0.3 is 15.0 Å². The number of amides is 2. The molecule has 0 saturated carbocycles. The monoisotopic (exact) mass is 410 g/mol. The SMILES string of the molecule is Cc1ccc(NC(=O)CN(C)C(=O)COC(=O)c2sc3ccccc3c2C)cc1. The van der Waals surface area contributed by atoms with E-state index in [0.29, 0.717) is 10.6 Å². The van der Waals surface area contributed by atoms with Crippen molar-refractivity contribution in [3.8, 4) is 0 Å². The van der Waals surface area contributed by atoms with Crippen molar-refractivity contribution in [1.82, 2.24) is 4.90 Å². The molecule has 1 heterocycles. The normalized spacial score (nSPS) is 10.6. The first kappa shape index (κ1) is 20.5. The van der Waals surface area contributed by atoms with E-state index in [-0.39, 0.29) is 12.5 Å². The standard InChI is InChI=1S/C22H22N2O4S/c1-14-8-10-16(11-9-14)23-19(25)12-24(3)20(26)13-28-22(27)21-15(2)17-6-4-5-7-18(17)29-21/h4-11H,12-13H2,1-3H3,(H,23,25). The topological polar surface area (TPSA) is 75.7 Å². The molecule has 0 fully saturated rings. The molecule has 0 unspecified atom stereocenters. The average Bonchev–Trinajstić information content (AvgIpc) is 3.04. The highest BCUT2D eigenvalue weighted by molar-refractivity contribution is 7.21. The first-order valence-corrected chi connectivity index (χ1v) is 9.92. The van der Waals surface area contributed by atoms with Gasteiger partial charge in [-0.05, 0) is 43.0 Å². The van der Waals surface area contributed by atoms with Gasteiger partial charge in [-0.25, -0.2) is 4.79 Å². The zero-order valence-electron chi connectivity index (χ0n) is 16.5. The van der Waals surface area contributed by atoms with Crippen LogP contribution in [0.5, 0.6) is 0 Å². The van der Waals surface area contributed by atoms with Crippen molar-refractivity contribution in [2.24, 2.45) is 0 Å². The lowest BCUT2D eigenvalue weighted by Crippen LogP contribution is -2.37. The summed E-state index contributed by atoms with van der Waals surface area (Å²) in [7, 11) is 1.50. The maximum Gasteiger partial charge on any atom is 0.349 e. The highest BCUT2D eigenvalue weighted by Crippen LogP contribution is 2.30. The van der Waals surface area contributed by atoms with E-state index >= 15 is 0 Å². The zero-order valence-corrected chi connectivity index (χ0v) is 17.3. The number of anilines is 1. The van der Waals surface area contributed by atoms with Crippen molar-refractivity contribution < 1.29 is 19.1 Å². The Bertz CT molecular complexity index is 1060. The molecule has 6 nitrogen and oxygen atoms in total. The number of nitrogens with one attached hydrogen (secondary N) is 1. The Morgan fingerprint density at radius 1 is 1.03 bits per heavy atom. The molecule has 29 heavy (non-hydrogen) atoms. The number of rotatable bonds is 6. The fraction of sp³-hybridized carbons (Fsp3) is 0.227. The van der Waals surface area contributed by atoms with Crippen LogP contribution in [0.25, 0.3) is 10.1 Å². The first-order valence-electron chi connectivity index (χ1n) is 9.11. The lowest BCUT2D eigenvalue weighted by Gasteiger charge is -2.16. The Morgan fingerprint density at radius 2 is 1.72 bits per heavy atom. The summed E-state index contributed by atoms with van der Waals surface area (Å²) >= 11 is 1.34. The summed E-state index contributed by atoms with van der Waals surface area (Å²) in [6.45, 7) is 3.27. The molecular weight excluding hydrogens is 388 g/mol. The Morgan fingerprint density at radius 3 is 2.41 bits per heavy atom. The summed E-state index contributed by atoms with van der Waals surface area (Å²) in [4.78, 5) is 38.5. The summed E-state index contributed by atoms with van der Waals surface area (Å²) < 4.78 is 6.18. The van der Waals surface area contributed by atoms with E-state index in [0.717, 1.165) is 21.2 Å². The van der Waals surface area contributed by atoms with E-state index in [9.17, 15) is 14.4 Å². The minimum absolute atomic E-state index is 0.133. The van der Waals surface area contributed by atoms with Gasteiger partial charge >= 0.3 is 5.97 Å². The van der Waals surface area contributed by atoms with Crippen LogP contribution >= 0.6 is 11.3 Å². The maximum absolute atomic E-state index is 12.4. The van der Waals surface area contributed by atoms with Crippen LogP contribution in [0.1, 0.15) is 20.8 Å². The van der Waals surface area contributed by atoms with Crippen molar-refractivity contribution in [3.05, 3.63) is 64.5 Å². The number of esters is 1. The Hall–Kier alpha value is -3.19. The van der Waals surface area contributed by atoms with Crippen molar-refractivity contribution in [1.29, 1.82) is 0 Å². The summed E-state index contributed by atoms with van der Waals surface area (Å²) in [6.07, 6.45) is 0. The molecule has 0 radical (unpaired) electrons. The number of hydrogen-bond donors (Lipinski definition) is 1. The third kappa shape index (κ3) is 5.00. The van der Waals surface area contributed by atoms with Crippen LogP contribution in [0.15, 0.2) is 48.5 Å². The Balaban J connectivity index is 1.52. The van der Waals surface area contributed by atoms with Crippen molar-refractivity contribution >= 4 is 44.9 Å². The molecule has 2 aromatic carbocycles. The summed E-state index contributed by atoms with van der Waals surface area (Å²) in [5, 5.41) is 3.73. The molecule has 0 aliphatic heterocycles. The number of aryl methyl sites for hydroxylation is 2. The zero-order chi connectivity index (χ0) is 21.0. The largest absolute Gasteiger partial charge is 0.451 e. The lowest BCUT2D eigenvalue weighted by atomic mass is 10.1. The first-order chi connectivity index (χ1) is 13.8. The maximum atomic E-state index is 12.4. The predicted octanol–water partition coefficient (Wildman–Crippen LogP) is 3.77. The van der Waals surface area contributed by atoms with Gasteiger partial charge in [0.15, 0.2) is 6.61 Å². The van der Waals surface area contributed by atoms with Crippen LogP contribution in [-0.2, 0) is 14.3 Å². The molecular formula is C22H22N2O4S. The molecule has 0 bridgehead atoms. The van der Waals surface area contributed by atoms with Gasteiger partial charge in [-0.2, -0.15) is 0 Å². The highest BCUT2D eigenvalue weighted by atomic mass is 32.1. The van der Waals surface area contributed by atoms with Crippen LogP contribution in [0.2, 0.25) is 0 Å². The summed E-state index contributed by atoms with van der Waals surface area (Å²) in [5.74, 6) is -1.30. The fourth-order valence-electron chi connectivity index (χ4n) is 2.81. The third-order valence-corrected chi connectivity index (χ3v) is 5.75. The number of hydrogen-bond acceptors (Lipinski definition) is 5. The number of likely N-dealkylation sites (N-methyl/N-ethyl adjacent to an activating group) is 1. The van der Waals surface area contributed by atoms with Gasteiger partial charge in [0.2, 0.25) is 5.91 Å². The van der Waals surface area contributed by atoms with Gasteiger partial charge in [0.25, 0.3) is 5.91 Å². The van der Waals surface area contributed by atoms with Crippen molar-refractivity contribution in [3.63, 3.8) is 0 Å². The van der Waals surface area contributed by atoms with E-state index in [1.807, 2.05) is 50.2 Å². The molecule has 2 amide bonds. The van der Waals surface area contributed by atoms with Gasteiger partial charge in [0, 0.05) is 17.4 Å². The Kier molecular flexibility index (Phi) is 6.29. The number of thiophene rings is 1. The van der Waals surface area contributed by atoms with E-state index < -0.39 is 18.5 Å². The van der Waals surface area contributed by atoms with Gasteiger partial charge in [-0.1, -0.05) is 35.9 Å². The molecule has 1 N–H and O–H groups in total. The lowest BCUT2D eigenvalue weighted by molar-refractivity contribution is -0.136. The molecule has 3 rings (SSSR count). The van der Waals surface area contributed by atoms with Gasteiger partial charge in [0.1, 0.15) is 4.88 Å². The number of carbonyl (C=O) groups is 3. The second-order valence-electron chi connectivity index (χ2n) is 6.79. The average molecular weight is 410 g/mol. The minimum Gasteiger partial charge on any atom is -0.451 e. The van der Waals surface area contributed by atoms with E-state index in [1.165, 1.54) is 23.3 Å². The smallest absolute Gasteiger partial charge is 0.349 e. The Labute approximate surface area is 173 Å². The third-order valence-electron chi connectivity index (χ3n) is 4.50. The van der Waals surface area contributed by atoms with E-state index in [2.05, 4.69) is 5.32 Å². The van der Waals surface area contributed by atoms with E-state index in [4.69, 9.17) is 4.74 Å². The number of ether oxygens (including phenoxy) is 1. The summed E-state index contributed by atoms with van der Waals surface area (Å²) in [6, 6.07) is 15.1. The molecule has 7 heteroatoms. The minimum atomic E-state index is -0.533. The van der Waals surface area contributed by atoms with Gasteiger partial charge in [0.05, 0.1) is 6.54 Å². The molecule has 0 atom stereocenters. The summed E-state index contributed by atoms with van der Waals surface area (Å²) in [5.41, 5.74) is 2.59. The molecule has 0 saturated heterocycles. The molecule has 150 valence electrons. The number of nitrogens with zero attached hydrogens (tertiary/aromatic N) is 1. The highest BCUT2D eigenvalue weighted by Gasteiger charge is 2.19. The second-order valence-corrected chi connectivity index (χ2v) is 7.84. The molecule has 3 aromatic rings. The molecule has 0 spiro atoms.